The largest absolute Gasteiger partial charge is 0.350 e. The summed E-state index contributed by atoms with van der Waals surface area (Å²) in [6.07, 6.45) is 3.32. The maximum atomic E-state index is 14.4. The number of halogens is 2. The average molecular weight is 578 g/mol. The maximum absolute atomic E-state index is 14.4. The van der Waals surface area contributed by atoms with Gasteiger partial charge >= 0.3 is 0 Å². The number of fused-ring (bicyclic) bond motifs is 1. The molecule has 5 rings (SSSR count). The summed E-state index contributed by atoms with van der Waals surface area (Å²) in [5.74, 6) is -0.383. The van der Waals surface area contributed by atoms with Crippen molar-refractivity contribution in [3.63, 3.8) is 0 Å². The molecule has 1 atom stereocenters. The maximum Gasteiger partial charge on any atom is 0.240 e. The lowest BCUT2D eigenvalue weighted by Gasteiger charge is -2.24. The van der Waals surface area contributed by atoms with Gasteiger partial charge in [0.15, 0.2) is 0 Å². The Bertz CT molecular complexity index is 1550. The average Bonchev–Trinajstić information content (AvgIpc) is 3.26. The number of hydrogen-bond donors (Lipinski definition) is 1. The van der Waals surface area contributed by atoms with Crippen molar-refractivity contribution in [3.05, 3.63) is 106 Å². The third-order valence-electron chi connectivity index (χ3n) is 6.57. The van der Waals surface area contributed by atoms with Crippen LogP contribution in [-0.4, -0.2) is 38.9 Å². The smallest absolute Gasteiger partial charge is 0.240 e. The van der Waals surface area contributed by atoms with Crippen LogP contribution in [0.5, 0.6) is 0 Å². The molecular formula is C30H29ClFN5O2S. The van der Waals surface area contributed by atoms with Crippen LogP contribution in [0.4, 0.5) is 10.2 Å². The second-order valence-corrected chi connectivity index (χ2v) is 12.1. The second-order valence-electron chi connectivity index (χ2n) is 10.6. The molecule has 1 N–H and O–H groups in total. The number of thioether (sulfide) groups is 1. The lowest BCUT2D eigenvalue weighted by molar-refractivity contribution is -0.123. The fourth-order valence-corrected chi connectivity index (χ4v) is 6.10. The van der Waals surface area contributed by atoms with Crippen LogP contribution in [0.15, 0.2) is 73.1 Å². The van der Waals surface area contributed by atoms with Gasteiger partial charge in [0, 0.05) is 29.9 Å². The SMILES string of the molecule is CC(C)(C)c1nn(-c2ccccc2Cl)c2c1[C@@H](c1cccc(F)c1)SCC(=O)N2CC(=O)NCc1ccncc1. The van der Waals surface area contributed by atoms with E-state index < -0.39 is 10.7 Å². The van der Waals surface area contributed by atoms with Gasteiger partial charge < -0.3 is 5.32 Å². The van der Waals surface area contributed by atoms with Crippen LogP contribution in [0, 0.1) is 5.82 Å². The van der Waals surface area contributed by atoms with Gasteiger partial charge in [-0.15, -0.1) is 11.8 Å². The highest BCUT2D eigenvalue weighted by molar-refractivity contribution is 8.00. The van der Waals surface area contributed by atoms with E-state index in [4.69, 9.17) is 16.7 Å². The predicted octanol–water partition coefficient (Wildman–Crippen LogP) is 5.84. The number of carbonyl (C=O) groups is 2. The molecule has 2 amide bonds. The van der Waals surface area contributed by atoms with E-state index in [2.05, 4.69) is 10.3 Å². The third-order valence-corrected chi connectivity index (χ3v) is 8.15. The summed E-state index contributed by atoms with van der Waals surface area (Å²) in [7, 11) is 0. The van der Waals surface area contributed by atoms with Crippen LogP contribution in [0.1, 0.15) is 48.4 Å². The second kappa shape index (κ2) is 11.4. The molecule has 0 radical (unpaired) electrons. The molecule has 206 valence electrons. The molecular weight excluding hydrogens is 549 g/mol. The number of benzene rings is 2. The molecule has 1 aliphatic heterocycles. The summed E-state index contributed by atoms with van der Waals surface area (Å²) in [6, 6.07) is 17.3. The molecule has 0 spiro atoms. The zero-order valence-corrected chi connectivity index (χ0v) is 24.0. The summed E-state index contributed by atoms with van der Waals surface area (Å²) in [5, 5.41) is 7.96. The Kier molecular flexibility index (Phi) is 7.96. The molecule has 0 unspecified atom stereocenters. The van der Waals surface area contributed by atoms with Gasteiger partial charge in [0.1, 0.15) is 18.2 Å². The van der Waals surface area contributed by atoms with Crippen LogP contribution in [0.3, 0.4) is 0 Å². The molecule has 0 bridgehead atoms. The first-order valence-electron chi connectivity index (χ1n) is 12.8. The molecule has 4 aromatic rings. The van der Waals surface area contributed by atoms with E-state index in [1.807, 2.05) is 57.2 Å². The Hall–Kier alpha value is -3.69. The highest BCUT2D eigenvalue weighted by atomic mass is 35.5. The Morgan fingerprint density at radius 1 is 1.12 bits per heavy atom. The minimum Gasteiger partial charge on any atom is -0.350 e. The monoisotopic (exact) mass is 577 g/mol. The zero-order chi connectivity index (χ0) is 28.4. The van der Waals surface area contributed by atoms with E-state index in [1.165, 1.54) is 28.8 Å². The lowest BCUT2D eigenvalue weighted by Crippen LogP contribution is -2.42. The third kappa shape index (κ3) is 5.76. The van der Waals surface area contributed by atoms with E-state index >= 15 is 0 Å². The number of anilines is 1. The quantitative estimate of drug-likeness (QED) is 0.311. The van der Waals surface area contributed by atoms with Gasteiger partial charge in [-0.3, -0.25) is 19.5 Å². The number of nitrogens with one attached hydrogen (secondary N) is 1. The summed E-state index contributed by atoms with van der Waals surface area (Å²) < 4.78 is 16.1. The summed E-state index contributed by atoms with van der Waals surface area (Å²) >= 11 is 8.04. The van der Waals surface area contributed by atoms with Crippen molar-refractivity contribution in [2.45, 2.75) is 38.0 Å². The Labute approximate surface area is 241 Å². The molecule has 40 heavy (non-hydrogen) atoms. The Balaban J connectivity index is 1.67. The summed E-state index contributed by atoms with van der Waals surface area (Å²) in [5.41, 5.74) is 3.25. The number of para-hydroxylation sites is 1. The van der Waals surface area contributed by atoms with Crippen LogP contribution < -0.4 is 10.2 Å². The first kappa shape index (κ1) is 27.9. The molecule has 0 fully saturated rings. The van der Waals surface area contributed by atoms with Crippen molar-refractivity contribution in [3.8, 4) is 5.69 Å². The minimum absolute atomic E-state index is 0.0968. The molecule has 2 aromatic heterocycles. The molecule has 10 heteroatoms. The van der Waals surface area contributed by atoms with E-state index in [9.17, 15) is 14.0 Å². The predicted molar refractivity (Wildman–Crippen MR) is 156 cm³/mol. The Morgan fingerprint density at radius 3 is 2.58 bits per heavy atom. The lowest BCUT2D eigenvalue weighted by atomic mass is 9.87. The number of aromatic nitrogens is 3. The van der Waals surface area contributed by atoms with Crippen LogP contribution in [0.25, 0.3) is 5.69 Å². The number of amides is 2. The van der Waals surface area contributed by atoms with Crippen LogP contribution in [0.2, 0.25) is 5.02 Å². The fourth-order valence-electron chi connectivity index (χ4n) is 4.70. The van der Waals surface area contributed by atoms with Gasteiger partial charge in [0.2, 0.25) is 11.8 Å². The molecule has 3 heterocycles. The van der Waals surface area contributed by atoms with Crippen molar-refractivity contribution in [2.24, 2.45) is 0 Å². The zero-order valence-electron chi connectivity index (χ0n) is 22.4. The van der Waals surface area contributed by atoms with Crippen molar-refractivity contribution in [1.82, 2.24) is 20.1 Å². The molecule has 1 aliphatic rings. The molecule has 2 aromatic carbocycles. The minimum atomic E-state index is -0.439. The number of hydrogen-bond acceptors (Lipinski definition) is 5. The highest BCUT2D eigenvalue weighted by Crippen LogP contribution is 2.48. The van der Waals surface area contributed by atoms with Gasteiger partial charge in [0.05, 0.1) is 27.4 Å². The van der Waals surface area contributed by atoms with Gasteiger partial charge in [-0.1, -0.05) is 56.6 Å². The summed E-state index contributed by atoms with van der Waals surface area (Å²) in [6.45, 7) is 6.20. The van der Waals surface area contributed by atoms with E-state index in [1.54, 1.807) is 29.2 Å². The van der Waals surface area contributed by atoms with Crippen LogP contribution >= 0.6 is 23.4 Å². The molecule has 0 aliphatic carbocycles. The molecule has 0 saturated carbocycles. The van der Waals surface area contributed by atoms with E-state index in [-0.39, 0.29) is 29.9 Å². The first-order valence-corrected chi connectivity index (χ1v) is 14.3. The molecule has 0 saturated heterocycles. The topological polar surface area (TPSA) is 80.1 Å². The van der Waals surface area contributed by atoms with Crippen LogP contribution in [-0.2, 0) is 21.5 Å². The summed E-state index contributed by atoms with van der Waals surface area (Å²) in [4.78, 5) is 32.4. The van der Waals surface area contributed by atoms with Gasteiger partial charge in [-0.05, 0) is 47.5 Å². The van der Waals surface area contributed by atoms with Gasteiger partial charge in [0.25, 0.3) is 0 Å². The van der Waals surface area contributed by atoms with Gasteiger partial charge in [-0.25, -0.2) is 9.07 Å². The first-order chi connectivity index (χ1) is 19.1. The standard InChI is InChI=1S/C30H29ClFN5O2S/c1-30(2,3)28-26-27(20-7-6-8-21(32)15-20)40-18-25(39)36(17-24(38)34-16-19-11-13-33-14-12-19)29(26)37(35-28)23-10-5-4-9-22(23)31/h4-15,27H,16-18H2,1-3H3,(H,34,38)/t27-/m1/s1. The number of rotatable bonds is 6. The Morgan fingerprint density at radius 2 is 1.88 bits per heavy atom. The fraction of sp³-hybridized carbons (Fsp3) is 0.267. The molecule has 7 nitrogen and oxygen atoms in total. The van der Waals surface area contributed by atoms with Crippen molar-refractivity contribution >= 4 is 41.0 Å². The normalized spacial score (nSPS) is 15.5. The van der Waals surface area contributed by atoms with E-state index in [0.29, 0.717) is 28.6 Å². The van der Waals surface area contributed by atoms with Gasteiger partial charge in [-0.2, -0.15) is 5.10 Å². The highest BCUT2D eigenvalue weighted by Gasteiger charge is 2.40. The van der Waals surface area contributed by atoms with Crippen molar-refractivity contribution in [1.29, 1.82) is 0 Å². The number of nitrogens with zero attached hydrogens (tertiary/aromatic N) is 4. The van der Waals surface area contributed by atoms with E-state index in [0.717, 1.165) is 16.8 Å². The number of pyridine rings is 1. The van der Waals surface area contributed by atoms with Crippen molar-refractivity contribution < 1.29 is 14.0 Å². The van der Waals surface area contributed by atoms with Crippen molar-refractivity contribution in [2.75, 3.05) is 17.2 Å². The number of carbonyl (C=O) groups excluding carboxylic acids is 2.